The lowest BCUT2D eigenvalue weighted by Crippen LogP contribution is -2.30. The summed E-state index contributed by atoms with van der Waals surface area (Å²) in [5.41, 5.74) is 6.29. The Kier molecular flexibility index (Phi) is 6.27. The van der Waals surface area contributed by atoms with E-state index in [1.165, 1.54) is 0 Å². The highest BCUT2D eigenvalue weighted by Crippen LogP contribution is 2.12. The normalized spacial score (nSPS) is 10.3. The molecule has 98 valence electrons. The molecule has 1 aromatic rings. The van der Waals surface area contributed by atoms with E-state index in [1.807, 2.05) is 24.3 Å². The van der Waals surface area contributed by atoms with Gasteiger partial charge in [0.25, 0.3) is 0 Å². The monoisotopic (exact) mass is 246 g/mol. The van der Waals surface area contributed by atoms with Crippen LogP contribution in [0, 0.1) is 11.8 Å². The number of nitrogens with two attached hydrogens (primary N) is 1. The van der Waals surface area contributed by atoms with Crippen LogP contribution in [0.2, 0.25) is 0 Å². The van der Waals surface area contributed by atoms with Crippen molar-refractivity contribution < 1.29 is 4.74 Å². The first-order valence-corrected chi connectivity index (χ1v) is 6.25. The number of ether oxygens (including phenoxy) is 1. The molecule has 3 heteroatoms. The predicted octanol–water partition coefficient (Wildman–Crippen LogP) is 1.72. The van der Waals surface area contributed by atoms with E-state index in [2.05, 4.69) is 37.6 Å². The van der Waals surface area contributed by atoms with Crippen LogP contribution in [0.1, 0.15) is 19.4 Å². The average Bonchev–Trinajstić information content (AvgIpc) is 2.36. The third-order valence-corrected chi connectivity index (χ3v) is 2.76. The molecule has 0 aliphatic carbocycles. The molecule has 2 N–H and O–H groups in total. The molecular formula is C15H22N2O. The lowest BCUT2D eigenvalue weighted by Gasteiger charge is -2.20. The van der Waals surface area contributed by atoms with Gasteiger partial charge in [-0.1, -0.05) is 17.9 Å². The summed E-state index contributed by atoms with van der Waals surface area (Å²) in [7, 11) is 2.09. The number of likely N-dealkylation sites (N-methyl/N-ethyl adjacent to an activating group) is 1. The van der Waals surface area contributed by atoms with Gasteiger partial charge in [-0.15, -0.1) is 0 Å². The lowest BCUT2D eigenvalue weighted by atomic mass is 10.2. The van der Waals surface area contributed by atoms with Gasteiger partial charge in [-0.2, -0.15) is 0 Å². The topological polar surface area (TPSA) is 38.5 Å². The fourth-order valence-electron chi connectivity index (χ4n) is 1.38. The summed E-state index contributed by atoms with van der Waals surface area (Å²) >= 11 is 0. The second-order valence-electron chi connectivity index (χ2n) is 4.46. The van der Waals surface area contributed by atoms with E-state index in [0.717, 1.165) is 17.9 Å². The van der Waals surface area contributed by atoms with Gasteiger partial charge in [0.05, 0.1) is 6.54 Å². The zero-order chi connectivity index (χ0) is 13.4. The second-order valence-corrected chi connectivity index (χ2v) is 4.46. The Morgan fingerprint density at radius 2 is 2.17 bits per heavy atom. The van der Waals surface area contributed by atoms with Crippen molar-refractivity contribution in [2.24, 2.45) is 5.73 Å². The molecular weight excluding hydrogens is 224 g/mol. The third kappa shape index (κ3) is 5.22. The predicted molar refractivity (Wildman–Crippen MR) is 75.6 cm³/mol. The summed E-state index contributed by atoms with van der Waals surface area (Å²) in [5, 5.41) is 0. The molecule has 0 spiro atoms. The highest BCUT2D eigenvalue weighted by atomic mass is 16.5. The molecule has 0 saturated heterocycles. The Morgan fingerprint density at radius 1 is 1.39 bits per heavy atom. The van der Waals surface area contributed by atoms with E-state index in [0.29, 0.717) is 19.2 Å². The largest absolute Gasteiger partial charge is 0.492 e. The minimum Gasteiger partial charge on any atom is -0.492 e. The van der Waals surface area contributed by atoms with E-state index in [9.17, 15) is 0 Å². The molecule has 0 unspecified atom stereocenters. The van der Waals surface area contributed by atoms with Crippen LogP contribution >= 0.6 is 0 Å². The van der Waals surface area contributed by atoms with Crippen LogP contribution in [0.5, 0.6) is 5.75 Å². The first-order chi connectivity index (χ1) is 8.63. The zero-order valence-electron chi connectivity index (χ0n) is 11.4. The molecule has 0 aliphatic heterocycles. The molecule has 0 atom stereocenters. The van der Waals surface area contributed by atoms with Crippen LogP contribution in [0.25, 0.3) is 0 Å². The van der Waals surface area contributed by atoms with Crippen LogP contribution in [0.15, 0.2) is 24.3 Å². The minimum absolute atomic E-state index is 0.379. The van der Waals surface area contributed by atoms with Crippen molar-refractivity contribution in [3.63, 3.8) is 0 Å². The maximum absolute atomic E-state index is 5.71. The number of rotatable bonds is 5. The molecule has 0 bridgehead atoms. The van der Waals surface area contributed by atoms with Gasteiger partial charge in [0.15, 0.2) is 0 Å². The Bertz CT molecular complexity index is 418. The third-order valence-electron chi connectivity index (χ3n) is 2.76. The number of nitrogens with zero attached hydrogens (tertiary/aromatic N) is 1. The van der Waals surface area contributed by atoms with Crippen LogP contribution in [-0.2, 0) is 0 Å². The van der Waals surface area contributed by atoms with E-state index >= 15 is 0 Å². The Labute approximate surface area is 110 Å². The summed E-state index contributed by atoms with van der Waals surface area (Å²) in [6, 6.07) is 8.33. The molecule has 3 nitrogen and oxygen atoms in total. The van der Waals surface area contributed by atoms with Gasteiger partial charge in [0, 0.05) is 18.2 Å². The molecule has 1 aromatic carbocycles. The van der Waals surface area contributed by atoms with Crippen molar-refractivity contribution in [3.05, 3.63) is 29.8 Å². The first kappa shape index (κ1) is 14.6. The van der Waals surface area contributed by atoms with Crippen molar-refractivity contribution in [3.8, 4) is 17.6 Å². The van der Waals surface area contributed by atoms with Gasteiger partial charge in [-0.25, -0.2) is 0 Å². The van der Waals surface area contributed by atoms with E-state index in [4.69, 9.17) is 10.5 Å². The van der Waals surface area contributed by atoms with Crippen LogP contribution in [0.4, 0.5) is 0 Å². The fraction of sp³-hybridized carbons (Fsp3) is 0.467. The summed E-state index contributed by atoms with van der Waals surface area (Å²) in [6.45, 7) is 6.31. The Hall–Kier alpha value is -1.50. The zero-order valence-corrected chi connectivity index (χ0v) is 11.4. The van der Waals surface area contributed by atoms with Gasteiger partial charge < -0.3 is 15.4 Å². The van der Waals surface area contributed by atoms with Gasteiger partial charge >= 0.3 is 0 Å². The molecule has 18 heavy (non-hydrogen) atoms. The van der Waals surface area contributed by atoms with E-state index < -0.39 is 0 Å². The van der Waals surface area contributed by atoms with Crippen LogP contribution in [0.3, 0.4) is 0 Å². The standard InChI is InChI=1S/C15H22N2O/c1-13(2)17(3)10-11-18-15-8-4-6-14(12-15)7-5-9-16/h4,6,8,12-13H,9-11,16H2,1-3H3. The summed E-state index contributed by atoms with van der Waals surface area (Å²) in [5.74, 6) is 6.69. The molecule has 0 aromatic heterocycles. The highest BCUT2D eigenvalue weighted by Gasteiger charge is 2.02. The number of benzene rings is 1. The molecule has 0 heterocycles. The molecule has 0 amide bonds. The molecule has 0 fully saturated rings. The average molecular weight is 246 g/mol. The van der Waals surface area contributed by atoms with Crippen LogP contribution in [-0.4, -0.2) is 37.7 Å². The number of hydrogen-bond donors (Lipinski definition) is 1. The molecule has 0 aliphatic rings. The van der Waals surface area contributed by atoms with Gasteiger partial charge in [-0.3, -0.25) is 0 Å². The Morgan fingerprint density at radius 3 is 2.83 bits per heavy atom. The maximum Gasteiger partial charge on any atom is 0.120 e. The van der Waals surface area contributed by atoms with E-state index in [-0.39, 0.29) is 0 Å². The Balaban J connectivity index is 2.47. The van der Waals surface area contributed by atoms with Gasteiger partial charge in [-0.05, 0) is 39.1 Å². The summed E-state index contributed by atoms with van der Waals surface area (Å²) < 4.78 is 5.71. The summed E-state index contributed by atoms with van der Waals surface area (Å²) in [6.07, 6.45) is 0. The number of hydrogen-bond acceptors (Lipinski definition) is 3. The van der Waals surface area contributed by atoms with Crippen molar-refractivity contribution in [2.45, 2.75) is 19.9 Å². The molecule has 1 rings (SSSR count). The molecule has 0 saturated carbocycles. The molecule has 0 radical (unpaired) electrons. The van der Waals surface area contributed by atoms with Gasteiger partial charge in [0.1, 0.15) is 12.4 Å². The maximum atomic E-state index is 5.71. The lowest BCUT2D eigenvalue weighted by molar-refractivity contribution is 0.208. The van der Waals surface area contributed by atoms with Crippen LogP contribution < -0.4 is 10.5 Å². The van der Waals surface area contributed by atoms with Crippen molar-refractivity contribution in [1.82, 2.24) is 4.90 Å². The SMILES string of the molecule is CC(C)N(C)CCOc1cccc(C#CCN)c1. The fourth-order valence-corrected chi connectivity index (χ4v) is 1.38. The second kappa shape index (κ2) is 7.75. The summed E-state index contributed by atoms with van der Waals surface area (Å²) in [4.78, 5) is 2.25. The van der Waals surface area contributed by atoms with Gasteiger partial charge in [0.2, 0.25) is 0 Å². The quantitative estimate of drug-likeness (QED) is 0.804. The highest BCUT2D eigenvalue weighted by molar-refractivity contribution is 5.39. The first-order valence-electron chi connectivity index (χ1n) is 6.25. The van der Waals surface area contributed by atoms with E-state index in [1.54, 1.807) is 0 Å². The van der Waals surface area contributed by atoms with Crippen molar-refractivity contribution in [2.75, 3.05) is 26.7 Å². The van der Waals surface area contributed by atoms with Crippen molar-refractivity contribution >= 4 is 0 Å². The smallest absolute Gasteiger partial charge is 0.120 e. The van der Waals surface area contributed by atoms with Crippen molar-refractivity contribution in [1.29, 1.82) is 0 Å². The minimum atomic E-state index is 0.379.